The Morgan fingerprint density at radius 3 is 2.25 bits per heavy atom. The van der Waals surface area contributed by atoms with E-state index in [4.69, 9.17) is 10.5 Å². The highest BCUT2D eigenvalue weighted by Gasteiger charge is 2.39. The largest absolute Gasteiger partial charge is 0.497 e. The molecule has 0 amide bonds. The molecular weight excluding hydrogens is 150 g/mol. The molecule has 2 rings (SSSR count). The molecule has 1 aromatic rings. The van der Waals surface area contributed by atoms with Gasteiger partial charge in [0.15, 0.2) is 0 Å². The highest BCUT2D eigenvalue weighted by molar-refractivity contribution is 5.34. The molecule has 0 aromatic heterocycles. The number of ether oxygens (including phenoxy) is 1. The highest BCUT2D eigenvalue weighted by Crippen LogP contribution is 2.42. The molecule has 2 heteroatoms. The van der Waals surface area contributed by atoms with E-state index < -0.39 is 0 Å². The van der Waals surface area contributed by atoms with Gasteiger partial charge in [0.05, 0.1) is 7.11 Å². The summed E-state index contributed by atoms with van der Waals surface area (Å²) in [6, 6.07) is 8.02. The number of nitrogens with two attached hydrogens (primary N) is 1. The quantitative estimate of drug-likeness (QED) is 0.719. The van der Waals surface area contributed by atoms with E-state index in [1.165, 1.54) is 5.56 Å². The van der Waals surface area contributed by atoms with Gasteiger partial charge < -0.3 is 10.5 Å². The van der Waals surface area contributed by atoms with E-state index in [-0.39, 0.29) is 5.54 Å². The predicted octanol–water partition coefficient (Wildman–Crippen LogP) is 1.64. The molecule has 1 aliphatic carbocycles. The average molecular weight is 163 g/mol. The zero-order chi connectivity index (χ0) is 8.60. The summed E-state index contributed by atoms with van der Waals surface area (Å²) in [7, 11) is 1.67. The van der Waals surface area contributed by atoms with Crippen LogP contribution in [-0.4, -0.2) is 7.11 Å². The molecule has 1 aliphatic rings. The molecule has 1 saturated carbocycles. The summed E-state index contributed by atoms with van der Waals surface area (Å²) >= 11 is 0. The molecule has 12 heavy (non-hydrogen) atoms. The van der Waals surface area contributed by atoms with Crippen LogP contribution in [0.5, 0.6) is 5.75 Å². The third-order valence-electron chi connectivity index (χ3n) is 2.45. The van der Waals surface area contributed by atoms with Gasteiger partial charge in [0.1, 0.15) is 5.75 Å². The van der Waals surface area contributed by atoms with Gasteiger partial charge in [-0.15, -0.1) is 0 Å². The van der Waals surface area contributed by atoms with Crippen molar-refractivity contribution in [1.82, 2.24) is 0 Å². The monoisotopic (exact) mass is 163 g/mol. The van der Waals surface area contributed by atoms with E-state index in [0.29, 0.717) is 0 Å². The standard InChI is InChI=1S/C10H13NO/c1-12-9-4-2-8(3-5-9)10(11)6-7-10/h2-5H,6-7,11H2,1H3. The molecule has 0 bridgehead atoms. The van der Waals surface area contributed by atoms with E-state index >= 15 is 0 Å². The summed E-state index contributed by atoms with van der Waals surface area (Å²) in [5, 5.41) is 0. The van der Waals surface area contributed by atoms with Crippen molar-refractivity contribution in [3.05, 3.63) is 29.8 Å². The fourth-order valence-corrected chi connectivity index (χ4v) is 1.35. The maximum Gasteiger partial charge on any atom is 0.118 e. The average Bonchev–Trinajstić information content (AvgIpc) is 2.85. The van der Waals surface area contributed by atoms with Gasteiger partial charge in [0.25, 0.3) is 0 Å². The Hall–Kier alpha value is -1.02. The van der Waals surface area contributed by atoms with Crippen molar-refractivity contribution < 1.29 is 4.74 Å². The number of hydrogen-bond acceptors (Lipinski definition) is 2. The lowest BCUT2D eigenvalue weighted by atomic mass is 10.1. The second kappa shape index (κ2) is 2.49. The maximum atomic E-state index is 6.02. The lowest BCUT2D eigenvalue weighted by molar-refractivity contribution is 0.414. The fourth-order valence-electron chi connectivity index (χ4n) is 1.35. The molecular formula is C10H13NO. The van der Waals surface area contributed by atoms with Crippen molar-refractivity contribution in [1.29, 1.82) is 0 Å². The molecule has 0 spiro atoms. The number of benzene rings is 1. The highest BCUT2D eigenvalue weighted by atomic mass is 16.5. The molecule has 2 N–H and O–H groups in total. The van der Waals surface area contributed by atoms with Crippen LogP contribution in [0.4, 0.5) is 0 Å². The van der Waals surface area contributed by atoms with Crippen LogP contribution in [-0.2, 0) is 5.54 Å². The van der Waals surface area contributed by atoms with E-state index in [1.807, 2.05) is 24.3 Å². The Kier molecular flexibility index (Phi) is 1.58. The van der Waals surface area contributed by atoms with Gasteiger partial charge in [-0.2, -0.15) is 0 Å². The third-order valence-corrected chi connectivity index (χ3v) is 2.45. The molecule has 0 heterocycles. The zero-order valence-corrected chi connectivity index (χ0v) is 7.21. The van der Waals surface area contributed by atoms with Gasteiger partial charge in [0.2, 0.25) is 0 Å². The van der Waals surface area contributed by atoms with Gasteiger partial charge in [-0.05, 0) is 30.5 Å². The van der Waals surface area contributed by atoms with Gasteiger partial charge >= 0.3 is 0 Å². The van der Waals surface area contributed by atoms with Crippen LogP contribution in [0.1, 0.15) is 18.4 Å². The first-order valence-corrected chi connectivity index (χ1v) is 4.18. The second-order valence-electron chi connectivity index (χ2n) is 3.38. The molecule has 0 atom stereocenters. The summed E-state index contributed by atoms with van der Waals surface area (Å²) < 4.78 is 5.06. The Morgan fingerprint density at radius 1 is 1.25 bits per heavy atom. The van der Waals surface area contributed by atoms with Crippen molar-refractivity contribution in [2.45, 2.75) is 18.4 Å². The predicted molar refractivity (Wildman–Crippen MR) is 48.1 cm³/mol. The van der Waals surface area contributed by atoms with E-state index in [0.717, 1.165) is 18.6 Å². The molecule has 0 aliphatic heterocycles. The molecule has 1 aromatic carbocycles. The second-order valence-corrected chi connectivity index (χ2v) is 3.38. The minimum atomic E-state index is -0.0216. The molecule has 0 unspecified atom stereocenters. The fraction of sp³-hybridized carbons (Fsp3) is 0.400. The minimum absolute atomic E-state index is 0.0216. The van der Waals surface area contributed by atoms with Crippen molar-refractivity contribution in [2.75, 3.05) is 7.11 Å². The molecule has 1 fully saturated rings. The van der Waals surface area contributed by atoms with Gasteiger partial charge in [-0.25, -0.2) is 0 Å². The van der Waals surface area contributed by atoms with E-state index in [2.05, 4.69) is 0 Å². The maximum absolute atomic E-state index is 6.02. The van der Waals surface area contributed by atoms with Gasteiger partial charge in [-0.3, -0.25) is 0 Å². The van der Waals surface area contributed by atoms with E-state index in [1.54, 1.807) is 7.11 Å². The van der Waals surface area contributed by atoms with Crippen LogP contribution in [0.25, 0.3) is 0 Å². The van der Waals surface area contributed by atoms with Crippen LogP contribution >= 0.6 is 0 Å². The molecule has 0 radical (unpaired) electrons. The topological polar surface area (TPSA) is 35.2 Å². The van der Waals surface area contributed by atoms with Crippen LogP contribution in [0.3, 0.4) is 0 Å². The summed E-state index contributed by atoms with van der Waals surface area (Å²) in [6.45, 7) is 0. The molecule has 64 valence electrons. The zero-order valence-electron chi connectivity index (χ0n) is 7.21. The van der Waals surface area contributed by atoms with Crippen LogP contribution in [0, 0.1) is 0 Å². The van der Waals surface area contributed by atoms with Gasteiger partial charge in [-0.1, -0.05) is 12.1 Å². The lowest BCUT2D eigenvalue weighted by Crippen LogP contribution is -2.18. The lowest BCUT2D eigenvalue weighted by Gasteiger charge is -2.08. The number of rotatable bonds is 2. The first-order chi connectivity index (χ1) is 5.74. The van der Waals surface area contributed by atoms with Gasteiger partial charge in [0, 0.05) is 5.54 Å². The van der Waals surface area contributed by atoms with Crippen molar-refractivity contribution >= 4 is 0 Å². The normalized spacial score (nSPS) is 18.8. The minimum Gasteiger partial charge on any atom is -0.497 e. The smallest absolute Gasteiger partial charge is 0.118 e. The summed E-state index contributed by atoms with van der Waals surface area (Å²) in [6.07, 6.45) is 2.22. The summed E-state index contributed by atoms with van der Waals surface area (Å²) in [5.41, 5.74) is 7.22. The van der Waals surface area contributed by atoms with Crippen LogP contribution < -0.4 is 10.5 Å². The number of hydrogen-bond donors (Lipinski definition) is 1. The van der Waals surface area contributed by atoms with Crippen molar-refractivity contribution in [2.24, 2.45) is 5.73 Å². The third kappa shape index (κ3) is 1.18. The van der Waals surface area contributed by atoms with Crippen LogP contribution in [0.15, 0.2) is 24.3 Å². The van der Waals surface area contributed by atoms with Crippen molar-refractivity contribution in [3.63, 3.8) is 0 Å². The summed E-state index contributed by atoms with van der Waals surface area (Å²) in [5.74, 6) is 0.892. The number of methoxy groups -OCH3 is 1. The van der Waals surface area contributed by atoms with Crippen molar-refractivity contribution in [3.8, 4) is 5.75 Å². The Labute approximate surface area is 72.3 Å². The molecule has 0 saturated heterocycles. The Balaban J connectivity index is 2.25. The molecule has 2 nitrogen and oxygen atoms in total. The Bertz CT molecular complexity index is 274. The SMILES string of the molecule is COc1ccc(C2(N)CC2)cc1. The Morgan fingerprint density at radius 2 is 1.83 bits per heavy atom. The first-order valence-electron chi connectivity index (χ1n) is 4.18. The first kappa shape index (κ1) is 7.62. The van der Waals surface area contributed by atoms with E-state index in [9.17, 15) is 0 Å². The summed E-state index contributed by atoms with van der Waals surface area (Å²) in [4.78, 5) is 0. The van der Waals surface area contributed by atoms with Crippen LogP contribution in [0.2, 0.25) is 0 Å².